The number of ether oxygens (including phenoxy) is 1. The first-order chi connectivity index (χ1) is 12.3. The van der Waals surface area contributed by atoms with Crippen molar-refractivity contribution in [2.24, 2.45) is 0 Å². The van der Waals surface area contributed by atoms with Gasteiger partial charge in [0.15, 0.2) is 0 Å². The van der Waals surface area contributed by atoms with Gasteiger partial charge in [-0.25, -0.2) is 4.79 Å². The third kappa shape index (κ3) is 2.99. The predicted octanol–water partition coefficient (Wildman–Crippen LogP) is 1.24. The lowest BCUT2D eigenvalue weighted by atomic mass is 9.96. The first kappa shape index (κ1) is 18.5. The zero-order valence-electron chi connectivity index (χ0n) is 14.0. The van der Waals surface area contributed by atoms with Gasteiger partial charge in [-0.2, -0.15) is 0 Å². The minimum Gasteiger partial charge on any atom is -0.477 e. The Hall–Kier alpha value is -2.33. The van der Waals surface area contributed by atoms with Gasteiger partial charge >= 0.3 is 11.9 Å². The summed E-state index contributed by atoms with van der Waals surface area (Å²) in [7, 11) is 0. The van der Waals surface area contributed by atoms with Crippen molar-refractivity contribution in [3.8, 4) is 0 Å². The topological polar surface area (TPSA) is 113 Å². The van der Waals surface area contributed by atoms with Crippen molar-refractivity contribution < 1.29 is 29.0 Å². The van der Waals surface area contributed by atoms with Crippen LogP contribution >= 0.6 is 23.1 Å². The molecule has 0 aromatic carbocycles. The number of thioether (sulfide) groups is 1. The maximum atomic E-state index is 12.0. The third-order valence-corrected chi connectivity index (χ3v) is 6.19. The number of carboxylic acid groups (broad SMARTS) is 1. The van der Waals surface area contributed by atoms with E-state index in [4.69, 9.17) is 4.74 Å². The summed E-state index contributed by atoms with van der Waals surface area (Å²) >= 11 is 2.58. The molecule has 2 amide bonds. The average Bonchev–Trinajstić information content (AvgIpc) is 3.06. The summed E-state index contributed by atoms with van der Waals surface area (Å²) in [6.45, 7) is 2.43. The fraction of sp³-hybridized carbons (Fsp3) is 0.375. The van der Waals surface area contributed by atoms with Gasteiger partial charge in [0.1, 0.15) is 5.70 Å². The van der Waals surface area contributed by atoms with Crippen molar-refractivity contribution in [1.29, 1.82) is 0 Å². The number of amides is 2. The Balaban J connectivity index is 2.26. The molecule has 1 aromatic heterocycles. The maximum Gasteiger partial charge on any atom is 0.352 e. The molecule has 0 spiro atoms. The van der Waals surface area contributed by atoms with Gasteiger partial charge in [-0.1, -0.05) is 6.07 Å². The van der Waals surface area contributed by atoms with Gasteiger partial charge in [-0.05, 0) is 11.4 Å². The molecule has 1 unspecified atom stereocenters. The zero-order valence-corrected chi connectivity index (χ0v) is 15.6. The van der Waals surface area contributed by atoms with Crippen LogP contribution < -0.4 is 5.32 Å². The Morgan fingerprint density at radius 1 is 1.38 bits per heavy atom. The van der Waals surface area contributed by atoms with Crippen LogP contribution in [0.5, 0.6) is 0 Å². The molecule has 1 aromatic rings. The number of carbonyl (C=O) groups excluding carboxylic acids is 3. The molecule has 3 heterocycles. The van der Waals surface area contributed by atoms with Crippen molar-refractivity contribution in [3.05, 3.63) is 33.7 Å². The van der Waals surface area contributed by atoms with Gasteiger partial charge in [0.05, 0.1) is 16.7 Å². The highest BCUT2D eigenvalue weighted by Gasteiger charge is 2.53. The summed E-state index contributed by atoms with van der Waals surface area (Å²) in [5, 5.41) is 13.8. The number of nitrogens with zero attached hydrogens (tertiary/aromatic N) is 1. The van der Waals surface area contributed by atoms with E-state index in [0.29, 0.717) is 4.88 Å². The van der Waals surface area contributed by atoms with Gasteiger partial charge in [-0.15, -0.1) is 23.1 Å². The molecule has 1 saturated heterocycles. The molecule has 2 aliphatic rings. The number of β-lactam (4-membered cyclic amide) rings is 1. The number of fused-ring (bicyclic) bond motifs is 1. The number of rotatable bonds is 5. The van der Waals surface area contributed by atoms with Crippen LogP contribution in [0.4, 0.5) is 0 Å². The molecular weight excluding hydrogens is 380 g/mol. The van der Waals surface area contributed by atoms with Gasteiger partial charge in [0.2, 0.25) is 17.5 Å². The second-order valence-electron chi connectivity index (χ2n) is 5.80. The number of carbonyl (C=O) groups is 4. The zero-order chi connectivity index (χ0) is 19.1. The van der Waals surface area contributed by atoms with E-state index in [-0.39, 0.29) is 34.7 Å². The number of thiophene rings is 1. The summed E-state index contributed by atoms with van der Waals surface area (Å²) in [5.41, 5.74) is -1.85. The van der Waals surface area contributed by atoms with Crippen molar-refractivity contribution in [2.45, 2.75) is 31.4 Å². The number of nitrogens with one attached hydrogen (secondary N) is 1. The summed E-state index contributed by atoms with van der Waals surface area (Å²) in [4.78, 5) is 49.4. The molecule has 8 nitrogen and oxygen atoms in total. The molecule has 3 rings (SSSR count). The van der Waals surface area contributed by atoms with Gasteiger partial charge in [0.25, 0.3) is 0 Å². The van der Waals surface area contributed by atoms with E-state index in [0.717, 1.165) is 0 Å². The molecule has 0 radical (unpaired) electrons. The Kier molecular flexibility index (Phi) is 4.80. The van der Waals surface area contributed by atoms with Crippen LogP contribution in [0.15, 0.2) is 28.8 Å². The first-order valence-corrected chi connectivity index (χ1v) is 9.62. The van der Waals surface area contributed by atoms with Crippen LogP contribution in [-0.2, 0) is 29.6 Å². The van der Waals surface area contributed by atoms with Gasteiger partial charge < -0.3 is 15.2 Å². The van der Waals surface area contributed by atoms with Gasteiger partial charge in [-0.3, -0.25) is 19.3 Å². The van der Waals surface area contributed by atoms with Crippen molar-refractivity contribution in [3.63, 3.8) is 0 Å². The van der Waals surface area contributed by atoms with Crippen molar-refractivity contribution in [2.75, 3.05) is 5.75 Å². The van der Waals surface area contributed by atoms with Crippen LogP contribution in [0.25, 0.3) is 0 Å². The standard InChI is InChI=1S/C16H16N2O6S2/c1-8(19)17-16(24-9(2)20,11-4-3-5-25-11)10-7-26-13-6-12(21)18(13)14(10)15(22)23/h3-5,13H,6-7H2,1-2H3,(H,17,19)(H,22,23)/t13-,16?/m1/s1. The molecule has 0 aliphatic carbocycles. The third-order valence-electron chi connectivity index (χ3n) is 4.00. The minimum atomic E-state index is -1.77. The molecule has 138 valence electrons. The minimum absolute atomic E-state index is 0.159. The van der Waals surface area contributed by atoms with Crippen LogP contribution in [0, 0.1) is 0 Å². The van der Waals surface area contributed by atoms with Crippen LogP contribution in [0.1, 0.15) is 25.1 Å². The fourth-order valence-electron chi connectivity index (χ4n) is 3.05. The normalized spacial score (nSPS) is 21.4. The summed E-state index contributed by atoms with van der Waals surface area (Å²) in [6.07, 6.45) is 0.258. The molecule has 0 bridgehead atoms. The molecule has 2 N–H and O–H groups in total. The van der Waals surface area contributed by atoms with E-state index in [1.165, 1.54) is 41.8 Å². The molecule has 1 fully saturated rings. The number of esters is 1. The Bertz CT molecular complexity index is 801. The molecular formula is C16H16N2O6S2. The largest absolute Gasteiger partial charge is 0.477 e. The molecule has 10 heteroatoms. The first-order valence-electron chi connectivity index (χ1n) is 7.69. The Morgan fingerprint density at radius 3 is 2.62 bits per heavy atom. The lowest BCUT2D eigenvalue weighted by molar-refractivity contribution is -0.160. The van der Waals surface area contributed by atoms with E-state index in [1.54, 1.807) is 17.5 Å². The second kappa shape index (κ2) is 6.76. The van der Waals surface area contributed by atoms with E-state index < -0.39 is 23.6 Å². The van der Waals surface area contributed by atoms with Crippen molar-refractivity contribution >= 4 is 46.9 Å². The summed E-state index contributed by atoms with van der Waals surface area (Å²) in [6, 6.07) is 3.35. The highest BCUT2D eigenvalue weighted by atomic mass is 32.2. The lowest BCUT2D eigenvalue weighted by Crippen LogP contribution is -2.58. The number of carboxylic acids is 1. The fourth-order valence-corrected chi connectivity index (χ4v) is 5.22. The van der Waals surface area contributed by atoms with E-state index >= 15 is 0 Å². The number of hydrogen-bond acceptors (Lipinski definition) is 7. The Labute approximate surface area is 157 Å². The molecule has 0 saturated carbocycles. The van der Waals surface area contributed by atoms with E-state index in [2.05, 4.69) is 5.32 Å². The molecule has 2 atom stereocenters. The lowest BCUT2D eigenvalue weighted by Gasteiger charge is -2.47. The number of aliphatic carboxylic acids is 1. The SMILES string of the molecule is CC(=O)NC(OC(C)=O)(C1=C(C(=O)O)N2C(=O)C[C@H]2SC1)c1cccs1. The second-order valence-corrected chi connectivity index (χ2v) is 7.91. The summed E-state index contributed by atoms with van der Waals surface area (Å²) in [5.74, 6) is -2.62. The molecule has 26 heavy (non-hydrogen) atoms. The van der Waals surface area contributed by atoms with E-state index in [9.17, 15) is 24.3 Å². The van der Waals surface area contributed by atoms with Crippen LogP contribution in [-0.4, -0.2) is 44.9 Å². The van der Waals surface area contributed by atoms with E-state index in [1.807, 2.05) is 0 Å². The highest BCUT2D eigenvalue weighted by molar-refractivity contribution is 8.00. The quantitative estimate of drug-likeness (QED) is 0.437. The molecule has 2 aliphatic heterocycles. The average molecular weight is 396 g/mol. The van der Waals surface area contributed by atoms with Crippen LogP contribution in [0.3, 0.4) is 0 Å². The monoisotopic (exact) mass is 396 g/mol. The summed E-state index contributed by atoms with van der Waals surface area (Å²) < 4.78 is 5.52. The van der Waals surface area contributed by atoms with Gasteiger partial charge in [0, 0.05) is 25.2 Å². The Morgan fingerprint density at radius 2 is 2.12 bits per heavy atom. The maximum absolute atomic E-state index is 12.0. The smallest absolute Gasteiger partial charge is 0.352 e. The highest BCUT2D eigenvalue weighted by Crippen LogP contribution is 2.46. The van der Waals surface area contributed by atoms with Crippen molar-refractivity contribution in [1.82, 2.24) is 10.2 Å². The number of hydrogen-bond donors (Lipinski definition) is 2. The van der Waals surface area contributed by atoms with Crippen LogP contribution in [0.2, 0.25) is 0 Å². The predicted molar refractivity (Wildman–Crippen MR) is 94.0 cm³/mol.